The van der Waals surface area contributed by atoms with E-state index in [-0.39, 0.29) is 12.5 Å². The van der Waals surface area contributed by atoms with Gasteiger partial charge in [-0.15, -0.1) is 0 Å². The highest BCUT2D eigenvalue weighted by atomic mass is 16.4. The van der Waals surface area contributed by atoms with Gasteiger partial charge in [-0.05, 0) is 38.0 Å². The van der Waals surface area contributed by atoms with Gasteiger partial charge in [-0.3, -0.25) is 14.9 Å². The number of aliphatic carboxylic acids is 1. The largest absolute Gasteiger partial charge is 0.480 e. The molecule has 0 saturated heterocycles. The molecule has 20 heavy (non-hydrogen) atoms. The summed E-state index contributed by atoms with van der Waals surface area (Å²) in [7, 11) is 1.83. The SMILES string of the molecule is CCCC(NCC(=O)N(C)C1CCC(C)CC1)C(=O)O. The summed E-state index contributed by atoms with van der Waals surface area (Å²) in [6.45, 7) is 4.30. The van der Waals surface area contributed by atoms with E-state index in [1.165, 1.54) is 12.8 Å². The first-order valence-corrected chi connectivity index (χ1v) is 7.67. The highest BCUT2D eigenvalue weighted by molar-refractivity contribution is 5.80. The van der Waals surface area contributed by atoms with Crippen molar-refractivity contribution in [1.82, 2.24) is 10.2 Å². The van der Waals surface area contributed by atoms with Crippen molar-refractivity contribution in [2.45, 2.75) is 64.5 Å². The van der Waals surface area contributed by atoms with E-state index in [0.29, 0.717) is 12.5 Å². The molecule has 1 aliphatic carbocycles. The zero-order valence-electron chi connectivity index (χ0n) is 12.9. The van der Waals surface area contributed by atoms with Crippen LogP contribution in [0.15, 0.2) is 0 Å². The Morgan fingerprint density at radius 3 is 2.40 bits per heavy atom. The molecule has 0 aromatic rings. The molecule has 1 amide bonds. The van der Waals surface area contributed by atoms with Crippen molar-refractivity contribution < 1.29 is 14.7 Å². The lowest BCUT2D eigenvalue weighted by Gasteiger charge is -2.34. The second-order valence-corrected chi connectivity index (χ2v) is 5.98. The van der Waals surface area contributed by atoms with E-state index in [4.69, 9.17) is 5.11 Å². The van der Waals surface area contributed by atoms with Gasteiger partial charge in [0.25, 0.3) is 0 Å². The number of rotatable bonds is 7. The van der Waals surface area contributed by atoms with E-state index >= 15 is 0 Å². The van der Waals surface area contributed by atoms with Crippen molar-refractivity contribution in [3.05, 3.63) is 0 Å². The number of carbonyl (C=O) groups excluding carboxylic acids is 1. The van der Waals surface area contributed by atoms with E-state index in [2.05, 4.69) is 12.2 Å². The fraction of sp³-hybridized carbons (Fsp3) is 0.867. The van der Waals surface area contributed by atoms with Gasteiger partial charge in [0.05, 0.1) is 6.54 Å². The monoisotopic (exact) mass is 284 g/mol. The van der Waals surface area contributed by atoms with Crippen molar-refractivity contribution in [2.75, 3.05) is 13.6 Å². The Kier molecular flexibility index (Phi) is 6.99. The van der Waals surface area contributed by atoms with Crippen LogP contribution in [0.25, 0.3) is 0 Å². The molecule has 0 heterocycles. The van der Waals surface area contributed by atoms with Gasteiger partial charge >= 0.3 is 5.97 Å². The third kappa shape index (κ3) is 5.12. The van der Waals surface area contributed by atoms with Crippen LogP contribution in [0.5, 0.6) is 0 Å². The van der Waals surface area contributed by atoms with Gasteiger partial charge in [0.15, 0.2) is 0 Å². The molecule has 1 fully saturated rings. The number of hydrogen-bond acceptors (Lipinski definition) is 3. The highest BCUT2D eigenvalue weighted by Gasteiger charge is 2.25. The molecule has 0 bridgehead atoms. The Bertz CT molecular complexity index is 325. The summed E-state index contributed by atoms with van der Waals surface area (Å²) in [5.74, 6) is -0.130. The lowest BCUT2D eigenvalue weighted by Crippen LogP contribution is -2.47. The maximum atomic E-state index is 12.1. The second-order valence-electron chi connectivity index (χ2n) is 5.98. The number of hydrogen-bond donors (Lipinski definition) is 2. The minimum absolute atomic E-state index is 0.00749. The van der Waals surface area contributed by atoms with Crippen LogP contribution < -0.4 is 5.32 Å². The molecule has 1 saturated carbocycles. The Hall–Kier alpha value is -1.10. The Morgan fingerprint density at radius 2 is 1.90 bits per heavy atom. The molecule has 1 atom stereocenters. The van der Waals surface area contributed by atoms with Gasteiger partial charge in [0, 0.05) is 13.1 Å². The molecule has 0 aromatic heterocycles. The van der Waals surface area contributed by atoms with Crippen LogP contribution >= 0.6 is 0 Å². The van der Waals surface area contributed by atoms with Crippen LogP contribution in [-0.2, 0) is 9.59 Å². The van der Waals surface area contributed by atoms with Crippen LogP contribution in [0.4, 0.5) is 0 Å². The van der Waals surface area contributed by atoms with Crippen molar-refractivity contribution in [2.24, 2.45) is 5.92 Å². The van der Waals surface area contributed by atoms with E-state index < -0.39 is 12.0 Å². The third-order valence-electron chi connectivity index (χ3n) is 4.30. The van der Waals surface area contributed by atoms with Gasteiger partial charge in [-0.2, -0.15) is 0 Å². The smallest absolute Gasteiger partial charge is 0.320 e. The van der Waals surface area contributed by atoms with Crippen molar-refractivity contribution in [1.29, 1.82) is 0 Å². The van der Waals surface area contributed by atoms with E-state index in [1.54, 1.807) is 4.90 Å². The summed E-state index contributed by atoms with van der Waals surface area (Å²) in [6.07, 6.45) is 5.79. The molecular weight excluding hydrogens is 256 g/mol. The zero-order chi connectivity index (χ0) is 15.1. The lowest BCUT2D eigenvalue weighted by atomic mass is 9.87. The highest BCUT2D eigenvalue weighted by Crippen LogP contribution is 2.26. The number of nitrogens with zero attached hydrogens (tertiary/aromatic N) is 1. The van der Waals surface area contributed by atoms with Gasteiger partial charge in [0.1, 0.15) is 6.04 Å². The van der Waals surface area contributed by atoms with Crippen LogP contribution in [0, 0.1) is 5.92 Å². The average molecular weight is 284 g/mol. The molecule has 1 unspecified atom stereocenters. The molecule has 0 aliphatic heterocycles. The van der Waals surface area contributed by atoms with Crippen LogP contribution in [-0.4, -0.2) is 47.6 Å². The topological polar surface area (TPSA) is 69.6 Å². The molecule has 0 spiro atoms. The fourth-order valence-electron chi connectivity index (χ4n) is 2.77. The number of carboxylic acid groups (broad SMARTS) is 1. The molecule has 5 heteroatoms. The first kappa shape index (κ1) is 17.0. The fourth-order valence-corrected chi connectivity index (χ4v) is 2.77. The summed E-state index contributed by atoms with van der Waals surface area (Å²) in [5, 5.41) is 11.9. The zero-order valence-corrected chi connectivity index (χ0v) is 12.9. The summed E-state index contributed by atoms with van der Waals surface area (Å²) >= 11 is 0. The minimum Gasteiger partial charge on any atom is -0.480 e. The molecule has 2 N–H and O–H groups in total. The number of carboxylic acids is 1. The summed E-state index contributed by atoms with van der Waals surface area (Å²) in [4.78, 5) is 24.9. The standard InChI is InChI=1S/C15H28N2O3/c1-4-5-13(15(19)20)16-10-14(18)17(3)12-8-6-11(2)7-9-12/h11-13,16H,4-10H2,1-3H3,(H,19,20). The van der Waals surface area contributed by atoms with Crippen LogP contribution in [0.2, 0.25) is 0 Å². The molecular formula is C15H28N2O3. The van der Waals surface area contributed by atoms with Crippen molar-refractivity contribution in [3.63, 3.8) is 0 Å². The van der Waals surface area contributed by atoms with Gasteiger partial charge in [-0.25, -0.2) is 0 Å². The van der Waals surface area contributed by atoms with Crippen molar-refractivity contribution >= 4 is 11.9 Å². The summed E-state index contributed by atoms with van der Waals surface area (Å²) < 4.78 is 0. The molecule has 0 aromatic carbocycles. The lowest BCUT2D eigenvalue weighted by molar-refractivity contribution is -0.140. The second kappa shape index (κ2) is 8.25. The van der Waals surface area contributed by atoms with Gasteiger partial charge in [0.2, 0.25) is 5.91 Å². The summed E-state index contributed by atoms with van der Waals surface area (Å²) in [5.41, 5.74) is 0. The first-order valence-electron chi connectivity index (χ1n) is 7.67. The molecule has 5 nitrogen and oxygen atoms in total. The van der Waals surface area contributed by atoms with E-state index in [1.807, 2.05) is 14.0 Å². The first-order chi connectivity index (χ1) is 9.45. The number of amides is 1. The maximum Gasteiger partial charge on any atom is 0.320 e. The van der Waals surface area contributed by atoms with E-state index in [9.17, 15) is 9.59 Å². The molecule has 116 valence electrons. The van der Waals surface area contributed by atoms with Crippen LogP contribution in [0.3, 0.4) is 0 Å². The van der Waals surface area contributed by atoms with Crippen molar-refractivity contribution in [3.8, 4) is 0 Å². The average Bonchev–Trinajstić information content (AvgIpc) is 2.42. The third-order valence-corrected chi connectivity index (χ3v) is 4.30. The Labute approximate surface area is 121 Å². The molecule has 0 radical (unpaired) electrons. The Morgan fingerprint density at radius 1 is 1.30 bits per heavy atom. The summed E-state index contributed by atoms with van der Waals surface area (Å²) in [6, 6.07) is -0.307. The Balaban J connectivity index is 2.39. The quantitative estimate of drug-likeness (QED) is 0.749. The van der Waals surface area contributed by atoms with Crippen LogP contribution in [0.1, 0.15) is 52.4 Å². The predicted octanol–water partition coefficient (Wildman–Crippen LogP) is 1.87. The maximum absolute atomic E-state index is 12.1. The number of carbonyl (C=O) groups is 2. The number of likely N-dealkylation sites (N-methyl/N-ethyl adjacent to an activating group) is 1. The minimum atomic E-state index is -0.881. The molecule has 1 aliphatic rings. The predicted molar refractivity (Wildman–Crippen MR) is 78.5 cm³/mol. The normalized spacial score (nSPS) is 24.1. The number of nitrogens with one attached hydrogen (secondary N) is 1. The van der Waals surface area contributed by atoms with E-state index in [0.717, 1.165) is 25.2 Å². The van der Waals surface area contributed by atoms with Gasteiger partial charge in [-0.1, -0.05) is 20.3 Å². The molecule has 1 rings (SSSR count). The van der Waals surface area contributed by atoms with Gasteiger partial charge < -0.3 is 10.0 Å².